The molecule has 2 heterocycles. The number of carbonyl (C=O) groups is 2. The van der Waals surface area contributed by atoms with Gasteiger partial charge in [0.15, 0.2) is 5.96 Å². The molecule has 3 atom stereocenters. The largest absolute Gasteiger partial charge is 0.573 e. The Balaban J connectivity index is 1.42. The van der Waals surface area contributed by atoms with Crippen molar-refractivity contribution < 1.29 is 32.2 Å². The van der Waals surface area contributed by atoms with E-state index < -0.39 is 23.5 Å². The van der Waals surface area contributed by atoms with Crippen LogP contribution < -0.4 is 20.5 Å². The zero-order valence-corrected chi connectivity index (χ0v) is 19.5. The lowest BCUT2D eigenvalue weighted by molar-refractivity contribution is -0.274. The Bertz CT molecular complexity index is 1040. The summed E-state index contributed by atoms with van der Waals surface area (Å²) in [6.45, 7) is 7.62. The van der Waals surface area contributed by atoms with Crippen LogP contribution in [-0.4, -0.2) is 46.7 Å². The van der Waals surface area contributed by atoms with Crippen molar-refractivity contribution in [3.05, 3.63) is 23.8 Å². The van der Waals surface area contributed by atoms with Gasteiger partial charge in [0, 0.05) is 30.5 Å². The number of fused-ring (bicyclic) bond motifs is 1. The molecule has 1 fully saturated rings. The molecule has 1 aliphatic carbocycles. The summed E-state index contributed by atoms with van der Waals surface area (Å²) in [6.07, 6.45) is -3.50. The van der Waals surface area contributed by atoms with E-state index in [0.717, 1.165) is 0 Å². The first-order valence-corrected chi connectivity index (χ1v) is 11.2. The number of hydrogen-bond acceptors (Lipinski definition) is 6. The van der Waals surface area contributed by atoms with Crippen molar-refractivity contribution in [3.63, 3.8) is 0 Å². The smallest absolute Gasteiger partial charge is 0.487 e. The average Bonchev–Trinajstić information content (AvgIpc) is 3.41. The monoisotopic (exact) mass is 482 g/mol. The summed E-state index contributed by atoms with van der Waals surface area (Å²) >= 11 is 0. The molecule has 0 radical (unpaired) electrons. The Morgan fingerprint density at radius 1 is 1.32 bits per heavy atom. The van der Waals surface area contributed by atoms with Gasteiger partial charge in [0.1, 0.15) is 17.1 Å². The molecule has 186 valence electrons. The van der Waals surface area contributed by atoms with E-state index in [0.29, 0.717) is 24.9 Å². The van der Waals surface area contributed by atoms with Gasteiger partial charge in [-0.3, -0.25) is 14.5 Å². The molecule has 1 aromatic rings. The van der Waals surface area contributed by atoms with E-state index in [-0.39, 0.29) is 47.5 Å². The molecule has 8 nitrogen and oxygen atoms in total. The summed E-state index contributed by atoms with van der Waals surface area (Å²) in [5.41, 5.74) is 5.33. The van der Waals surface area contributed by atoms with E-state index in [2.05, 4.69) is 15.0 Å². The fourth-order valence-corrected chi connectivity index (χ4v) is 4.64. The van der Waals surface area contributed by atoms with Gasteiger partial charge in [-0.25, -0.2) is 4.99 Å². The minimum Gasteiger partial charge on any atom is -0.487 e. The number of halogens is 3. The van der Waals surface area contributed by atoms with E-state index in [1.807, 2.05) is 13.8 Å². The Morgan fingerprint density at radius 2 is 2.03 bits per heavy atom. The highest BCUT2D eigenvalue weighted by atomic mass is 19.4. The first kappa shape index (κ1) is 24.2. The molecule has 0 aromatic heterocycles. The van der Waals surface area contributed by atoms with Crippen molar-refractivity contribution in [2.45, 2.75) is 70.5 Å². The SMILES string of the molecule is CC1(C)CC(=O)N(CC2CC2C(=O)NC2CC(C)(C)Oc3cc(OC(F)(F)F)ccc32)C(N)=N1. The number of amides is 2. The fourth-order valence-electron chi connectivity index (χ4n) is 4.64. The summed E-state index contributed by atoms with van der Waals surface area (Å²) in [6, 6.07) is 3.44. The Hall–Kier alpha value is -2.98. The molecular formula is C23H29F3N4O4. The van der Waals surface area contributed by atoms with E-state index in [4.69, 9.17) is 10.5 Å². The number of hydrogen-bond donors (Lipinski definition) is 2. The molecule has 4 rings (SSSR count). The molecule has 3 unspecified atom stereocenters. The lowest BCUT2D eigenvalue weighted by atomic mass is 9.89. The summed E-state index contributed by atoms with van der Waals surface area (Å²) < 4.78 is 47.7. The van der Waals surface area contributed by atoms with Gasteiger partial charge in [0.25, 0.3) is 0 Å². The second-order valence-electron chi connectivity index (χ2n) is 10.4. The van der Waals surface area contributed by atoms with Crippen LogP contribution in [0.3, 0.4) is 0 Å². The molecule has 3 N–H and O–H groups in total. The van der Waals surface area contributed by atoms with Crippen LogP contribution in [0, 0.1) is 11.8 Å². The molecule has 0 bridgehead atoms. The van der Waals surface area contributed by atoms with Gasteiger partial charge in [0.2, 0.25) is 11.8 Å². The minimum absolute atomic E-state index is 0.0335. The van der Waals surface area contributed by atoms with Gasteiger partial charge in [-0.2, -0.15) is 0 Å². The maximum Gasteiger partial charge on any atom is 0.573 e. The quantitative estimate of drug-likeness (QED) is 0.670. The number of ether oxygens (including phenoxy) is 2. The minimum atomic E-state index is -4.81. The predicted octanol–water partition coefficient (Wildman–Crippen LogP) is 3.27. The van der Waals surface area contributed by atoms with Crippen LogP contribution >= 0.6 is 0 Å². The highest BCUT2D eigenvalue weighted by Crippen LogP contribution is 2.44. The zero-order chi connectivity index (χ0) is 25.1. The number of carbonyl (C=O) groups excluding carboxylic acids is 2. The summed E-state index contributed by atoms with van der Waals surface area (Å²) in [5, 5.41) is 3.02. The Kier molecular flexibility index (Phi) is 5.72. The van der Waals surface area contributed by atoms with Crippen LogP contribution in [0.1, 0.15) is 58.6 Å². The fraction of sp³-hybridized carbons (Fsp3) is 0.609. The maximum absolute atomic E-state index is 13.0. The van der Waals surface area contributed by atoms with Gasteiger partial charge in [-0.1, -0.05) is 0 Å². The molecule has 1 aromatic carbocycles. The van der Waals surface area contributed by atoms with Crippen LogP contribution in [0.4, 0.5) is 13.2 Å². The van der Waals surface area contributed by atoms with Gasteiger partial charge in [-0.15, -0.1) is 13.2 Å². The first-order chi connectivity index (χ1) is 15.6. The molecule has 11 heteroatoms. The van der Waals surface area contributed by atoms with Crippen molar-refractivity contribution in [2.75, 3.05) is 6.54 Å². The number of nitrogens with two attached hydrogens (primary N) is 1. The van der Waals surface area contributed by atoms with Crippen LogP contribution in [0.2, 0.25) is 0 Å². The van der Waals surface area contributed by atoms with Crippen molar-refractivity contribution in [1.29, 1.82) is 0 Å². The molecule has 0 spiro atoms. The number of nitrogens with zero attached hydrogens (tertiary/aromatic N) is 2. The topological polar surface area (TPSA) is 106 Å². The second kappa shape index (κ2) is 8.06. The maximum atomic E-state index is 13.0. The van der Waals surface area contributed by atoms with Crippen LogP contribution in [-0.2, 0) is 9.59 Å². The molecule has 2 aliphatic heterocycles. The van der Waals surface area contributed by atoms with Gasteiger partial charge < -0.3 is 20.5 Å². The molecule has 3 aliphatic rings. The number of nitrogens with one attached hydrogen (secondary N) is 1. The van der Waals surface area contributed by atoms with Crippen molar-refractivity contribution >= 4 is 17.8 Å². The van der Waals surface area contributed by atoms with Gasteiger partial charge in [0.05, 0.1) is 18.0 Å². The number of rotatable bonds is 5. The molecule has 2 amide bonds. The molecule has 0 saturated heterocycles. The highest BCUT2D eigenvalue weighted by molar-refractivity contribution is 5.99. The van der Waals surface area contributed by atoms with Crippen LogP contribution in [0.25, 0.3) is 0 Å². The summed E-state index contributed by atoms with van der Waals surface area (Å²) in [5.74, 6) is -0.572. The van der Waals surface area contributed by atoms with Gasteiger partial charge in [-0.05, 0) is 52.2 Å². The third kappa shape index (κ3) is 5.39. The van der Waals surface area contributed by atoms with E-state index in [1.165, 1.54) is 23.1 Å². The second-order valence-corrected chi connectivity index (χ2v) is 10.4. The molecular weight excluding hydrogens is 453 g/mol. The predicted molar refractivity (Wildman–Crippen MR) is 117 cm³/mol. The highest BCUT2D eigenvalue weighted by Gasteiger charge is 2.47. The molecule has 1 saturated carbocycles. The van der Waals surface area contributed by atoms with E-state index in [1.54, 1.807) is 13.8 Å². The van der Waals surface area contributed by atoms with Crippen LogP contribution in [0.15, 0.2) is 23.2 Å². The van der Waals surface area contributed by atoms with Gasteiger partial charge >= 0.3 is 6.36 Å². The number of benzene rings is 1. The standard InChI is InChI=1S/C23H29F3N4O4/c1-21(2)10-18(31)30(20(27)29-21)11-12-7-15(12)19(32)28-16-9-22(3,4)34-17-8-13(5-6-14(16)17)33-23(24,25)26/h5-6,8,12,15-16H,7,9-11H2,1-4H3,(H2,27,29)(H,28,32). The van der Waals surface area contributed by atoms with Crippen molar-refractivity contribution in [2.24, 2.45) is 22.6 Å². The van der Waals surface area contributed by atoms with Crippen LogP contribution in [0.5, 0.6) is 11.5 Å². The third-order valence-corrected chi connectivity index (χ3v) is 6.25. The lowest BCUT2D eigenvalue weighted by Crippen LogP contribution is -2.50. The first-order valence-electron chi connectivity index (χ1n) is 11.2. The average molecular weight is 483 g/mol. The zero-order valence-electron chi connectivity index (χ0n) is 19.5. The number of aliphatic imine (C=N–C) groups is 1. The molecule has 34 heavy (non-hydrogen) atoms. The number of alkyl halides is 3. The van der Waals surface area contributed by atoms with E-state index >= 15 is 0 Å². The van der Waals surface area contributed by atoms with Crippen molar-refractivity contribution in [3.8, 4) is 11.5 Å². The lowest BCUT2D eigenvalue weighted by Gasteiger charge is -2.38. The Labute approximate surface area is 195 Å². The van der Waals surface area contributed by atoms with Crippen molar-refractivity contribution in [1.82, 2.24) is 10.2 Å². The third-order valence-electron chi connectivity index (χ3n) is 6.25. The summed E-state index contributed by atoms with van der Waals surface area (Å²) in [7, 11) is 0. The van der Waals surface area contributed by atoms with E-state index in [9.17, 15) is 22.8 Å². The Morgan fingerprint density at radius 3 is 2.68 bits per heavy atom. The normalized spacial score (nSPS) is 27.3. The summed E-state index contributed by atoms with van der Waals surface area (Å²) in [4.78, 5) is 31.3. The number of guanidine groups is 1.